The molecule has 3 rings (SSSR count). The summed E-state index contributed by atoms with van der Waals surface area (Å²) in [6, 6.07) is 11.1. The second kappa shape index (κ2) is 9.46. The van der Waals surface area contributed by atoms with Gasteiger partial charge in [-0.15, -0.1) is 11.3 Å². The highest BCUT2D eigenvalue weighted by molar-refractivity contribution is 7.13. The number of aromatic nitrogens is 3. The van der Waals surface area contributed by atoms with Crippen molar-refractivity contribution in [3.63, 3.8) is 0 Å². The first kappa shape index (κ1) is 23.4. The normalized spacial score (nSPS) is 12.2. The van der Waals surface area contributed by atoms with E-state index in [1.54, 1.807) is 10.9 Å². The number of thiazole rings is 1. The third-order valence-corrected chi connectivity index (χ3v) is 7.04. The predicted molar refractivity (Wildman–Crippen MR) is 130 cm³/mol. The van der Waals surface area contributed by atoms with Crippen LogP contribution in [0.2, 0.25) is 25.7 Å². The first-order valence-corrected chi connectivity index (χ1v) is 15.1. The highest BCUT2D eigenvalue weighted by atomic mass is 32.1. The minimum Gasteiger partial charge on any atom is -0.360 e. The Morgan fingerprint density at radius 2 is 1.90 bits per heavy atom. The molecular weight excluding hydrogens is 424 g/mol. The van der Waals surface area contributed by atoms with Crippen LogP contribution in [-0.2, 0) is 11.5 Å². The maximum absolute atomic E-state index is 13.0. The monoisotopic (exact) mass is 456 g/mol. The lowest BCUT2D eigenvalue weighted by Gasteiger charge is -2.20. The van der Waals surface area contributed by atoms with Gasteiger partial charge in [-0.1, -0.05) is 50.0 Å². The smallest absolute Gasteiger partial charge is 0.255 e. The molecule has 0 atom stereocenters. The van der Waals surface area contributed by atoms with Gasteiger partial charge in [0.05, 0.1) is 11.3 Å². The quantitative estimate of drug-likeness (QED) is 0.358. The number of hydrogen-bond donors (Lipinski definition) is 1. The first-order valence-electron chi connectivity index (χ1n) is 10.5. The van der Waals surface area contributed by atoms with E-state index >= 15 is 0 Å². The summed E-state index contributed by atoms with van der Waals surface area (Å²) in [7, 11) is -1.16. The highest BCUT2D eigenvalue weighted by Crippen LogP contribution is 2.30. The largest absolute Gasteiger partial charge is 0.360 e. The van der Waals surface area contributed by atoms with E-state index in [0.717, 1.165) is 22.3 Å². The first-order chi connectivity index (χ1) is 14.5. The van der Waals surface area contributed by atoms with Gasteiger partial charge in [-0.2, -0.15) is 5.10 Å². The maximum Gasteiger partial charge on any atom is 0.255 e. The molecule has 8 heteroatoms. The molecule has 0 unspecified atom stereocenters. The van der Waals surface area contributed by atoms with E-state index in [0.29, 0.717) is 24.6 Å². The van der Waals surface area contributed by atoms with Gasteiger partial charge in [-0.3, -0.25) is 4.79 Å². The Labute approximate surface area is 189 Å². The van der Waals surface area contributed by atoms with Crippen LogP contribution in [0.25, 0.3) is 22.0 Å². The number of ether oxygens (including phenoxy) is 1. The summed E-state index contributed by atoms with van der Waals surface area (Å²) >= 11 is 1.49. The van der Waals surface area contributed by atoms with Crippen LogP contribution in [0.1, 0.15) is 31.1 Å². The number of hydrogen-bond acceptors (Lipinski definition) is 5. The number of rotatable bonds is 8. The number of benzene rings is 1. The summed E-state index contributed by atoms with van der Waals surface area (Å²) < 4.78 is 7.54. The van der Waals surface area contributed by atoms with Crippen molar-refractivity contribution in [3.05, 3.63) is 47.5 Å². The number of nitrogens with zero attached hydrogens (tertiary/aromatic N) is 3. The minimum absolute atomic E-state index is 0.160. The third-order valence-electron chi connectivity index (χ3n) is 4.49. The average molecular weight is 457 g/mol. The molecule has 2 heterocycles. The number of carbonyl (C=O) groups is 1. The Morgan fingerprint density at radius 3 is 2.55 bits per heavy atom. The van der Waals surface area contributed by atoms with Crippen molar-refractivity contribution >= 4 is 25.3 Å². The Kier molecular flexibility index (Phi) is 7.13. The second-order valence-corrected chi connectivity index (χ2v) is 16.4. The lowest BCUT2D eigenvalue weighted by molar-refractivity contribution is 0.0785. The van der Waals surface area contributed by atoms with Gasteiger partial charge in [0, 0.05) is 37.4 Å². The van der Waals surface area contributed by atoms with Crippen LogP contribution in [-0.4, -0.2) is 40.9 Å². The molecule has 0 aliphatic carbocycles. The molecule has 0 saturated heterocycles. The van der Waals surface area contributed by atoms with Crippen LogP contribution in [0.15, 0.2) is 41.9 Å². The van der Waals surface area contributed by atoms with E-state index in [2.05, 4.69) is 30.1 Å². The summed E-state index contributed by atoms with van der Waals surface area (Å²) in [5.41, 5.74) is 2.67. The van der Waals surface area contributed by atoms with E-state index in [9.17, 15) is 4.79 Å². The zero-order chi connectivity index (χ0) is 22.6. The predicted octanol–water partition coefficient (Wildman–Crippen LogP) is 5.51. The molecule has 2 aromatic heterocycles. The lowest BCUT2D eigenvalue weighted by atomic mass is 10.1. The van der Waals surface area contributed by atoms with Crippen LogP contribution in [0.5, 0.6) is 0 Å². The summed E-state index contributed by atoms with van der Waals surface area (Å²) in [6.45, 7) is 13.9. The molecule has 6 nitrogen and oxygen atoms in total. The van der Waals surface area contributed by atoms with E-state index < -0.39 is 8.07 Å². The number of nitrogens with one attached hydrogen (secondary N) is 1. The molecule has 0 bridgehead atoms. The Bertz CT molecular complexity index is 1020. The molecule has 0 aliphatic heterocycles. The van der Waals surface area contributed by atoms with Crippen LogP contribution in [0.3, 0.4) is 0 Å². The molecule has 0 spiro atoms. The van der Waals surface area contributed by atoms with E-state index in [1.165, 1.54) is 11.3 Å². The highest BCUT2D eigenvalue weighted by Gasteiger charge is 2.24. The average Bonchev–Trinajstić information content (AvgIpc) is 3.31. The van der Waals surface area contributed by atoms with Crippen LogP contribution < -0.4 is 5.32 Å². The van der Waals surface area contributed by atoms with Gasteiger partial charge in [0.2, 0.25) is 0 Å². The SMILES string of the molecule is CC(C)(C)NC(=O)c1cn(COCC[Si](C)(C)C)nc1-c1nc(-c2ccccc2)cs1. The molecule has 3 aromatic rings. The molecular formula is C23H32N4O2SSi. The van der Waals surface area contributed by atoms with E-state index in [-0.39, 0.29) is 11.4 Å². The van der Waals surface area contributed by atoms with Gasteiger partial charge >= 0.3 is 0 Å². The number of amides is 1. The van der Waals surface area contributed by atoms with Crippen molar-refractivity contribution < 1.29 is 9.53 Å². The molecule has 1 amide bonds. The zero-order valence-electron chi connectivity index (χ0n) is 19.2. The molecule has 0 fully saturated rings. The number of carbonyl (C=O) groups excluding carboxylic acids is 1. The van der Waals surface area contributed by atoms with Gasteiger partial charge < -0.3 is 10.1 Å². The summed E-state index contributed by atoms with van der Waals surface area (Å²) in [5.74, 6) is -0.160. The fourth-order valence-corrected chi connectivity index (χ4v) is 4.46. The van der Waals surface area contributed by atoms with Crippen LogP contribution in [0, 0.1) is 0 Å². The van der Waals surface area contributed by atoms with Gasteiger partial charge in [0.25, 0.3) is 5.91 Å². The van der Waals surface area contributed by atoms with Gasteiger partial charge in [0.1, 0.15) is 17.4 Å². The second-order valence-electron chi connectivity index (χ2n) is 9.89. The van der Waals surface area contributed by atoms with Crippen molar-refractivity contribution in [2.75, 3.05) is 6.61 Å². The summed E-state index contributed by atoms with van der Waals surface area (Å²) in [5, 5.41) is 10.4. The topological polar surface area (TPSA) is 69.0 Å². The fraction of sp³-hybridized carbons (Fsp3) is 0.435. The summed E-state index contributed by atoms with van der Waals surface area (Å²) in [4.78, 5) is 17.7. The van der Waals surface area contributed by atoms with E-state index in [1.807, 2.05) is 56.5 Å². The molecule has 0 saturated carbocycles. The summed E-state index contributed by atoms with van der Waals surface area (Å²) in [6.07, 6.45) is 1.76. The van der Waals surface area contributed by atoms with E-state index in [4.69, 9.17) is 9.72 Å². The van der Waals surface area contributed by atoms with Gasteiger partial charge in [-0.25, -0.2) is 9.67 Å². The Hall–Kier alpha value is -2.29. The molecule has 0 radical (unpaired) electrons. The fourth-order valence-electron chi connectivity index (χ4n) is 2.88. The van der Waals surface area contributed by atoms with Gasteiger partial charge in [-0.05, 0) is 26.8 Å². The third kappa shape index (κ3) is 6.85. The van der Waals surface area contributed by atoms with Crippen molar-refractivity contribution in [1.29, 1.82) is 0 Å². The Morgan fingerprint density at radius 1 is 1.19 bits per heavy atom. The molecule has 1 N–H and O–H groups in total. The minimum atomic E-state index is -1.16. The van der Waals surface area contributed by atoms with Gasteiger partial charge in [0.15, 0.2) is 0 Å². The van der Waals surface area contributed by atoms with Crippen molar-refractivity contribution in [1.82, 2.24) is 20.1 Å². The standard InChI is InChI=1S/C23H32N4O2SSi/c1-23(2,3)25-21(28)18-14-27(16-29-12-13-31(4,5)6)26-20(18)22-24-19(15-30-22)17-10-8-7-9-11-17/h7-11,14-15H,12-13,16H2,1-6H3,(H,25,28). The lowest BCUT2D eigenvalue weighted by Crippen LogP contribution is -2.40. The molecule has 31 heavy (non-hydrogen) atoms. The van der Waals surface area contributed by atoms with Crippen molar-refractivity contribution in [3.8, 4) is 22.0 Å². The zero-order valence-corrected chi connectivity index (χ0v) is 21.0. The maximum atomic E-state index is 13.0. The molecule has 1 aromatic carbocycles. The molecule has 0 aliphatic rings. The van der Waals surface area contributed by atoms with Crippen molar-refractivity contribution in [2.24, 2.45) is 0 Å². The van der Waals surface area contributed by atoms with Crippen LogP contribution >= 0.6 is 11.3 Å². The van der Waals surface area contributed by atoms with Crippen molar-refractivity contribution in [2.45, 2.75) is 58.7 Å². The molecule has 166 valence electrons. The van der Waals surface area contributed by atoms with Crippen LogP contribution in [0.4, 0.5) is 0 Å². The Balaban J connectivity index is 1.86.